The minimum atomic E-state index is -0.983. The van der Waals surface area contributed by atoms with Gasteiger partial charge in [0.05, 0.1) is 13.4 Å². The minimum absolute atomic E-state index is 0.0269. The van der Waals surface area contributed by atoms with Gasteiger partial charge in [0.25, 0.3) is 25.6 Å². The van der Waals surface area contributed by atoms with Gasteiger partial charge < -0.3 is 15.0 Å². The lowest BCUT2D eigenvalue weighted by molar-refractivity contribution is -0.142. The molecule has 9 heteroatoms. The summed E-state index contributed by atoms with van der Waals surface area (Å²) in [6.45, 7) is 15.9. The zero-order valence-electron chi connectivity index (χ0n) is 13.8. The molecule has 0 unspecified atom stereocenters. The number of aromatic amines is 1. The number of nitrogens with zero attached hydrogens (tertiary/aromatic N) is 4. The number of methoxy groups -OCH3 is 1. The maximum atomic E-state index is 12.7. The molecule has 1 atom stereocenters. The Kier molecular flexibility index (Phi) is 5.66. The third-order valence-corrected chi connectivity index (χ3v) is 3.51. The fourth-order valence-corrected chi connectivity index (χ4v) is 2.29. The van der Waals surface area contributed by atoms with Crippen LogP contribution in [0.3, 0.4) is 0 Å². The molecule has 0 radical (unpaired) electrons. The van der Waals surface area contributed by atoms with E-state index in [1.807, 2.05) is 0 Å². The first-order chi connectivity index (χ1) is 12.5. The summed E-state index contributed by atoms with van der Waals surface area (Å²) < 4.78 is 4.73. The summed E-state index contributed by atoms with van der Waals surface area (Å²) in [4.78, 5) is 42.0. The number of nitrogens with one attached hydrogen (secondary N) is 2. The number of ether oxygens (including phenoxy) is 1. The third kappa shape index (κ3) is 3.84. The fraction of sp³-hybridized carbons (Fsp3) is 0.176. The van der Waals surface area contributed by atoms with Crippen LogP contribution in [-0.2, 0) is 16.0 Å². The Hall–Kier alpha value is -4.16. The maximum absolute atomic E-state index is 12.7. The standard InChI is InChI=1S/C17H14N6O3/c1-18-10-5-12(19-2)15(13(6-10)20-3)16(24)23-14(17(25)26-4)7-11-8-21-9-22-11/h1-3,5-6,8-9,14H,7H2,4H3,(H-,21,22,23,24)/q+2/p+1/t14-/m1/s1. The van der Waals surface area contributed by atoms with Crippen molar-refractivity contribution < 1.29 is 14.3 Å². The van der Waals surface area contributed by atoms with Crippen molar-refractivity contribution in [1.82, 2.24) is 15.3 Å². The van der Waals surface area contributed by atoms with Gasteiger partial charge in [-0.25, -0.2) is 9.78 Å². The van der Waals surface area contributed by atoms with E-state index in [9.17, 15) is 9.59 Å². The van der Waals surface area contributed by atoms with E-state index in [1.54, 1.807) is 0 Å². The Morgan fingerprint density at radius 2 is 1.88 bits per heavy atom. The van der Waals surface area contributed by atoms with Gasteiger partial charge in [-0.2, -0.15) is 0 Å². The summed E-state index contributed by atoms with van der Waals surface area (Å²) in [7, 11) is 1.22. The molecule has 0 aliphatic carbocycles. The molecule has 9 nitrogen and oxygen atoms in total. The highest BCUT2D eigenvalue weighted by Crippen LogP contribution is 2.35. The van der Waals surface area contributed by atoms with Gasteiger partial charge in [0, 0.05) is 18.3 Å². The molecule has 1 amide bonds. The molecule has 1 aromatic carbocycles. The monoisotopic (exact) mass is 351 g/mol. The number of amides is 1. The van der Waals surface area contributed by atoms with E-state index in [1.165, 1.54) is 31.8 Å². The van der Waals surface area contributed by atoms with Crippen molar-refractivity contribution in [3.63, 3.8) is 0 Å². The van der Waals surface area contributed by atoms with Crippen LogP contribution in [-0.4, -0.2) is 35.0 Å². The van der Waals surface area contributed by atoms with E-state index >= 15 is 0 Å². The highest BCUT2D eigenvalue weighted by Gasteiger charge is 2.35. The zero-order chi connectivity index (χ0) is 19.1. The number of aromatic nitrogens is 2. The van der Waals surface area contributed by atoms with E-state index in [-0.39, 0.29) is 29.0 Å². The predicted octanol–water partition coefficient (Wildman–Crippen LogP) is 2.71. The van der Waals surface area contributed by atoms with Crippen molar-refractivity contribution in [2.24, 2.45) is 0 Å². The maximum Gasteiger partial charge on any atom is 0.368 e. The van der Waals surface area contributed by atoms with Crippen LogP contribution >= 0.6 is 0 Å². The third-order valence-electron chi connectivity index (χ3n) is 3.51. The number of H-pyrrole nitrogens is 1. The van der Waals surface area contributed by atoms with Gasteiger partial charge in [-0.15, -0.1) is 0 Å². The molecule has 128 valence electrons. The Morgan fingerprint density at radius 3 is 2.35 bits per heavy atom. The SMILES string of the molecule is C#[N+]c1cc([N+]#C)c(C(=O)N[C@H](Cc2cnc[nH]2)C(=O)OC)c([N+]#C)c1. The van der Waals surface area contributed by atoms with Crippen molar-refractivity contribution in [3.05, 3.63) is 50.4 Å². The molecule has 1 heterocycles. The van der Waals surface area contributed by atoms with Gasteiger partial charge in [0.1, 0.15) is 18.2 Å². The summed E-state index contributed by atoms with van der Waals surface area (Å²) in [6.07, 6.45) is 3.12. The van der Waals surface area contributed by atoms with Gasteiger partial charge in [0.2, 0.25) is 5.56 Å². The van der Waals surface area contributed by atoms with E-state index < -0.39 is 17.9 Å². The van der Waals surface area contributed by atoms with Crippen LogP contribution in [0.5, 0.6) is 0 Å². The summed E-state index contributed by atoms with van der Waals surface area (Å²) in [6, 6.07) is 1.78. The molecule has 0 bridgehead atoms. The quantitative estimate of drug-likeness (QED) is 0.809. The first-order valence-corrected chi connectivity index (χ1v) is 7.30. The minimum Gasteiger partial charge on any atom is -0.467 e. The van der Waals surface area contributed by atoms with Crippen LogP contribution in [0.2, 0.25) is 0 Å². The first kappa shape index (κ1) is 18.2. The Labute approximate surface area is 149 Å². The topological polar surface area (TPSA) is 97.2 Å². The van der Waals surface area contributed by atoms with Crippen LogP contribution < -0.4 is 5.32 Å². The van der Waals surface area contributed by atoms with Gasteiger partial charge in [-0.05, 0) is 14.5 Å². The molecule has 0 saturated carbocycles. The molecular weight excluding hydrogens is 336 g/mol. The Morgan fingerprint density at radius 1 is 1.23 bits per heavy atom. The van der Waals surface area contributed by atoms with Gasteiger partial charge >= 0.3 is 23.0 Å². The van der Waals surface area contributed by atoms with Crippen LogP contribution in [0.15, 0.2) is 24.7 Å². The lowest BCUT2D eigenvalue weighted by Gasteiger charge is -2.14. The Balaban J connectivity index is 2.38. The zero-order valence-corrected chi connectivity index (χ0v) is 13.8. The smallest absolute Gasteiger partial charge is 0.368 e. The normalized spacial score (nSPS) is 10.7. The van der Waals surface area contributed by atoms with Crippen molar-refractivity contribution >= 4 is 28.9 Å². The largest absolute Gasteiger partial charge is 0.467 e. The molecular formula is C17H15N6O3+3. The molecule has 0 aliphatic heterocycles. The molecule has 26 heavy (non-hydrogen) atoms. The molecule has 2 rings (SSSR count). The molecule has 0 aliphatic rings. The lowest BCUT2D eigenvalue weighted by Crippen LogP contribution is -2.43. The lowest BCUT2D eigenvalue weighted by atomic mass is 10.1. The van der Waals surface area contributed by atoms with Crippen molar-refractivity contribution in [1.29, 1.82) is 0 Å². The first-order valence-electron chi connectivity index (χ1n) is 7.30. The summed E-state index contributed by atoms with van der Waals surface area (Å²) in [5.41, 5.74) is 0.996. The number of imidazole rings is 1. The number of hydrogen-bond acceptors (Lipinski definition) is 4. The second kappa shape index (κ2) is 8.09. The Bertz CT molecular complexity index is 925. The van der Waals surface area contributed by atoms with Crippen LogP contribution in [0, 0.1) is 19.7 Å². The molecule has 1 aromatic heterocycles. The second-order valence-corrected chi connectivity index (χ2v) is 5.08. The van der Waals surface area contributed by atoms with Crippen LogP contribution in [0.25, 0.3) is 14.5 Å². The van der Waals surface area contributed by atoms with Crippen molar-refractivity contribution in [3.8, 4) is 19.7 Å². The van der Waals surface area contributed by atoms with E-state index in [4.69, 9.17) is 24.5 Å². The van der Waals surface area contributed by atoms with E-state index in [0.717, 1.165) is 0 Å². The molecule has 0 saturated heterocycles. The average Bonchev–Trinajstić information content (AvgIpc) is 3.18. The highest BCUT2D eigenvalue weighted by atomic mass is 16.5. The summed E-state index contributed by atoms with van der Waals surface area (Å²) in [5, 5.41) is 2.55. The van der Waals surface area contributed by atoms with E-state index in [2.05, 4.69) is 29.8 Å². The molecule has 0 fully saturated rings. The molecule has 0 spiro atoms. The summed E-state index contributed by atoms with van der Waals surface area (Å²) in [5.74, 6) is -1.31. The number of hydrogen-bond donors (Lipinski definition) is 2. The summed E-state index contributed by atoms with van der Waals surface area (Å²) >= 11 is 0. The number of esters is 1. The van der Waals surface area contributed by atoms with Gasteiger partial charge in [0.15, 0.2) is 0 Å². The number of rotatable bonds is 5. The molecule has 2 N–H and O–H groups in total. The number of benzene rings is 1. The van der Waals surface area contributed by atoms with Crippen molar-refractivity contribution in [2.45, 2.75) is 12.5 Å². The molecule has 2 aromatic rings. The number of carbonyl (C=O) groups is 2. The predicted molar refractivity (Wildman–Crippen MR) is 95.9 cm³/mol. The van der Waals surface area contributed by atoms with Crippen LogP contribution in [0.1, 0.15) is 16.1 Å². The van der Waals surface area contributed by atoms with Gasteiger partial charge in [-0.3, -0.25) is 4.79 Å². The van der Waals surface area contributed by atoms with Crippen molar-refractivity contribution in [2.75, 3.05) is 7.11 Å². The average molecular weight is 351 g/mol. The highest BCUT2D eigenvalue weighted by molar-refractivity contribution is 6.07. The van der Waals surface area contributed by atoms with Gasteiger partial charge in [-0.1, -0.05) is 0 Å². The second-order valence-electron chi connectivity index (χ2n) is 5.08. The fourth-order valence-electron chi connectivity index (χ4n) is 2.29. The number of carbonyl (C=O) groups excluding carboxylic acids is 2. The van der Waals surface area contributed by atoms with Crippen LogP contribution in [0.4, 0.5) is 17.1 Å². The van der Waals surface area contributed by atoms with E-state index in [0.29, 0.717) is 5.69 Å².